The summed E-state index contributed by atoms with van der Waals surface area (Å²) in [6.07, 6.45) is 0. The fourth-order valence-electron chi connectivity index (χ4n) is 1.63. The van der Waals surface area contributed by atoms with Crippen LogP contribution in [0.5, 0.6) is 0 Å². The molecular weight excluding hydrogens is 365 g/mol. The fourth-order valence-corrected chi connectivity index (χ4v) is 3.59. The van der Waals surface area contributed by atoms with Crippen LogP contribution in [0.3, 0.4) is 0 Å². The molecule has 1 rings (SSSR count). The summed E-state index contributed by atoms with van der Waals surface area (Å²) >= 11 is 0. The van der Waals surface area contributed by atoms with E-state index >= 15 is 0 Å². The smallest absolute Gasteiger partial charge is 0.259 e. The number of carbonyl (C=O) groups excluding carboxylic acids is 1. The van der Waals surface area contributed by atoms with E-state index in [9.17, 15) is 31.0 Å². The Morgan fingerprint density at radius 2 is 1.20 bits per heavy atom. The molecule has 3 nitrogen and oxygen atoms in total. The molecule has 1 amide bonds. The Hall–Kier alpha value is -1.51. The standard InChI is InChI=1S/C16H20F5NO2S/c1-15(2,3)14(23)22-25(24,16(4,5)6)7-8-9(17)11(19)13(21)12(20)10(8)18/h7H2,1-6H3/t25-/m1/s1. The lowest BCUT2D eigenvalue weighted by Crippen LogP contribution is -2.32. The Kier molecular flexibility index (Phi) is 5.74. The topological polar surface area (TPSA) is 46.5 Å². The minimum absolute atomic E-state index is 0.795. The summed E-state index contributed by atoms with van der Waals surface area (Å²) in [6.45, 7) is 8.71. The highest BCUT2D eigenvalue weighted by atomic mass is 32.2. The van der Waals surface area contributed by atoms with Gasteiger partial charge in [0.05, 0.1) is 15.5 Å². The van der Waals surface area contributed by atoms with Gasteiger partial charge < -0.3 is 0 Å². The second kappa shape index (κ2) is 6.66. The van der Waals surface area contributed by atoms with Gasteiger partial charge >= 0.3 is 0 Å². The number of hydrogen-bond acceptors (Lipinski definition) is 2. The molecule has 25 heavy (non-hydrogen) atoms. The van der Waals surface area contributed by atoms with Crippen molar-refractivity contribution < 1.29 is 31.0 Å². The number of benzene rings is 1. The first-order valence-corrected chi connectivity index (χ1v) is 9.00. The molecule has 0 saturated carbocycles. The molecule has 9 heteroatoms. The second-order valence-electron chi connectivity index (χ2n) is 7.59. The van der Waals surface area contributed by atoms with E-state index in [2.05, 4.69) is 4.36 Å². The number of nitrogens with zero attached hydrogens (tertiary/aromatic N) is 1. The van der Waals surface area contributed by atoms with Gasteiger partial charge in [0, 0.05) is 15.7 Å². The van der Waals surface area contributed by atoms with Gasteiger partial charge in [0.15, 0.2) is 23.3 Å². The SMILES string of the molecule is CC(C)(C)C(=O)N=[S@@](=O)(Cc1c(F)c(F)c(F)c(F)c1F)C(C)(C)C. The first kappa shape index (κ1) is 21.5. The molecule has 0 saturated heterocycles. The molecule has 0 spiro atoms. The van der Waals surface area contributed by atoms with Crippen LogP contribution in [0.15, 0.2) is 4.36 Å². The van der Waals surface area contributed by atoms with Crippen LogP contribution < -0.4 is 0 Å². The summed E-state index contributed by atoms with van der Waals surface area (Å²) < 4.78 is 83.3. The summed E-state index contributed by atoms with van der Waals surface area (Å²) in [5.41, 5.74) is -2.27. The zero-order chi connectivity index (χ0) is 20.0. The minimum Gasteiger partial charge on any atom is -0.271 e. The molecule has 1 atom stereocenters. The Labute approximate surface area is 143 Å². The van der Waals surface area contributed by atoms with Crippen molar-refractivity contribution >= 4 is 15.6 Å². The highest BCUT2D eigenvalue weighted by Gasteiger charge is 2.35. The van der Waals surface area contributed by atoms with Gasteiger partial charge in [-0.2, -0.15) is 4.36 Å². The van der Waals surface area contributed by atoms with Crippen LogP contribution in [0.1, 0.15) is 47.1 Å². The molecule has 0 N–H and O–H groups in total. The van der Waals surface area contributed by atoms with E-state index in [0.717, 1.165) is 0 Å². The first-order valence-electron chi connectivity index (χ1n) is 7.32. The van der Waals surface area contributed by atoms with Gasteiger partial charge in [-0.05, 0) is 20.8 Å². The Balaban J connectivity index is 3.69. The van der Waals surface area contributed by atoms with Crippen molar-refractivity contribution in [2.75, 3.05) is 0 Å². The monoisotopic (exact) mass is 385 g/mol. The molecule has 1 aromatic rings. The highest BCUT2D eigenvalue weighted by Crippen LogP contribution is 2.31. The molecule has 142 valence electrons. The third-order valence-corrected chi connectivity index (χ3v) is 6.52. The van der Waals surface area contributed by atoms with E-state index in [0.29, 0.717) is 0 Å². The lowest BCUT2D eigenvalue weighted by molar-refractivity contribution is -0.124. The maximum absolute atomic E-state index is 13.9. The van der Waals surface area contributed by atoms with Gasteiger partial charge in [0.25, 0.3) is 5.91 Å². The van der Waals surface area contributed by atoms with E-state index < -0.39 is 66.2 Å². The average Bonchev–Trinajstić information content (AvgIpc) is 2.45. The van der Waals surface area contributed by atoms with Crippen molar-refractivity contribution in [3.63, 3.8) is 0 Å². The molecule has 1 aromatic carbocycles. The van der Waals surface area contributed by atoms with E-state index in [1.165, 1.54) is 41.5 Å². The number of rotatable bonds is 2. The fraction of sp³-hybridized carbons (Fsp3) is 0.562. The normalized spacial score (nSPS) is 15.0. The van der Waals surface area contributed by atoms with Crippen LogP contribution in [0.4, 0.5) is 22.0 Å². The molecule has 0 aliphatic carbocycles. The number of carbonyl (C=O) groups is 1. The predicted octanol–water partition coefficient (Wildman–Crippen LogP) is 4.72. The van der Waals surface area contributed by atoms with Crippen molar-refractivity contribution in [2.24, 2.45) is 9.78 Å². The summed E-state index contributed by atoms with van der Waals surface area (Å²) in [4.78, 5) is 12.1. The third-order valence-electron chi connectivity index (χ3n) is 3.47. The van der Waals surface area contributed by atoms with Gasteiger partial charge in [-0.25, -0.2) is 26.2 Å². The van der Waals surface area contributed by atoms with Gasteiger partial charge in [-0.1, -0.05) is 20.8 Å². The lowest BCUT2D eigenvalue weighted by atomic mass is 9.96. The van der Waals surface area contributed by atoms with Crippen molar-refractivity contribution in [3.05, 3.63) is 34.6 Å². The number of hydrogen-bond donors (Lipinski definition) is 0. The van der Waals surface area contributed by atoms with Crippen molar-refractivity contribution in [2.45, 2.75) is 52.0 Å². The van der Waals surface area contributed by atoms with Crippen molar-refractivity contribution in [1.29, 1.82) is 0 Å². The zero-order valence-electron chi connectivity index (χ0n) is 14.8. The Morgan fingerprint density at radius 3 is 1.52 bits per heavy atom. The largest absolute Gasteiger partial charge is 0.271 e. The van der Waals surface area contributed by atoms with Crippen LogP contribution in [-0.4, -0.2) is 14.9 Å². The highest BCUT2D eigenvalue weighted by molar-refractivity contribution is 7.94. The average molecular weight is 385 g/mol. The third kappa shape index (κ3) is 4.19. The number of amides is 1. The summed E-state index contributed by atoms with van der Waals surface area (Å²) in [5, 5.41) is 0. The summed E-state index contributed by atoms with van der Waals surface area (Å²) in [5.74, 6) is -12.6. The molecule has 0 fully saturated rings. The molecule has 0 aliphatic rings. The van der Waals surface area contributed by atoms with Crippen molar-refractivity contribution in [3.8, 4) is 0 Å². The Morgan fingerprint density at radius 1 is 0.840 bits per heavy atom. The van der Waals surface area contributed by atoms with Crippen LogP contribution in [-0.2, 0) is 20.3 Å². The number of halogens is 5. The predicted molar refractivity (Wildman–Crippen MR) is 84.7 cm³/mol. The summed E-state index contributed by atoms with van der Waals surface area (Å²) in [7, 11) is -3.69. The Bertz CT molecular complexity index is 799. The molecule has 0 radical (unpaired) electrons. The van der Waals surface area contributed by atoms with Crippen LogP contribution in [0.2, 0.25) is 0 Å². The van der Waals surface area contributed by atoms with E-state index in [1.54, 1.807) is 0 Å². The van der Waals surface area contributed by atoms with E-state index in [4.69, 9.17) is 0 Å². The molecule has 0 unspecified atom stereocenters. The maximum atomic E-state index is 13.9. The molecular formula is C16H20F5NO2S. The van der Waals surface area contributed by atoms with Gasteiger partial charge in [-0.15, -0.1) is 0 Å². The van der Waals surface area contributed by atoms with E-state index in [-0.39, 0.29) is 0 Å². The maximum Gasteiger partial charge on any atom is 0.259 e. The lowest BCUT2D eigenvalue weighted by Gasteiger charge is -2.26. The van der Waals surface area contributed by atoms with Gasteiger partial charge in [0.2, 0.25) is 5.82 Å². The van der Waals surface area contributed by atoms with Gasteiger partial charge in [-0.3, -0.25) is 4.79 Å². The van der Waals surface area contributed by atoms with Crippen molar-refractivity contribution in [1.82, 2.24) is 0 Å². The first-order chi connectivity index (χ1) is 11.0. The quantitative estimate of drug-likeness (QED) is 0.420. The second-order valence-corrected chi connectivity index (χ2v) is 10.6. The van der Waals surface area contributed by atoms with E-state index in [1.807, 2.05) is 0 Å². The molecule has 0 aromatic heterocycles. The molecule has 0 bridgehead atoms. The minimum atomic E-state index is -3.69. The van der Waals surface area contributed by atoms with Gasteiger partial charge in [0.1, 0.15) is 0 Å². The van der Waals surface area contributed by atoms with Crippen LogP contribution in [0, 0.1) is 34.5 Å². The summed E-state index contributed by atoms with van der Waals surface area (Å²) in [6, 6.07) is 0. The zero-order valence-corrected chi connectivity index (χ0v) is 15.6. The molecule has 0 heterocycles. The molecule has 0 aliphatic heterocycles. The van der Waals surface area contributed by atoms with Crippen LogP contribution >= 0.6 is 0 Å². The van der Waals surface area contributed by atoms with Crippen LogP contribution in [0.25, 0.3) is 0 Å².